The lowest BCUT2D eigenvalue weighted by atomic mass is 10.3. The molecule has 0 atom stereocenters. The lowest BCUT2D eigenvalue weighted by Crippen LogP contribution is -2.13. The summed E-state index contributed by atoms with van der Waals surface area (Å²) in [6.07, 6.45) is 1.97. The highest BCUT2D eigenvalue weighted by molar-refractivity contribution is 5.82. The highest BCUT2D eigenvalue weighted by Crippen LogP contribution is 2.25. The minimum Gasteiger partial charge on any atom is -0.465 e. The van der Waals surface area contributed by atoms with E-state index in [0.717, 1.165) is 5.69 Å². The van der Waals surface area contributed by atoms with Gasteiger partial charge in [-0.05, 0) is 12.1 Å². The first-order chi connectivity index (χ1) is 10.2. The van der Waals surface area contributed by atoms with E-state index in [2.05, 4.69) is 20.5 Å². The monoisotopic (exact) mass is 284 g/mol. The number of fused-ring (bicyclic) bond motifs is 1. The zero-order valence-corrected chi connectivity index (χ0v) is 11.1. The summed E-state index contributed by atoms with van der Waals surface area (Å²) in [5, 5.41) is 18.8. The van der Waals surface area contributed by atoms with Crippen LogP contribution < -0.4 is 10.2 Å². The number of nitrogens with zero attached hydrogens (tertiary/aromatic N) is 5. The summed E-state index contributed by atoms with van der Waals surface area (Å²) in [6.45, 7) is 0. The Bertz CT molecular complexity index is 786. The number of hydrogen-bond acceptors (Lipinski definition) is 5. The van der Waals surface area contributed by atoms with Gasteiger partial charge >= 0.3 is 6.09 Å². The maximum atomic E-state index is 10.7. The van der Waals surface area contributed by atoms with E-state index in [4.69, 9.17) is 5.11 Å². The van der Waals surface area contributed by atoms with Gasteiger partial charge in [0.25, 0.3) is 0 Å². The number of carboxylic acid groups (broad SMARTS) is 1. The molecule has 1 aromatic carbocycles. The molecule has 8 heteroatoms. The summed E-state index contributed by atoms with van der Waals surface area (Å²) in [4.78, 5) is 16.9. The fourth-order valence-corrected chi connectivity index (χ4v) is 2.00. The van der Waals surface area contributed by atoms with Gasteiger partial charge in [0.1, 0.15) is 0 Å². The van der Waals surface area contributed by atoms with Crippen LogP contribution in [0.4, 0.5) is 22.2 Å². The molecule has 8 nitrogen and oxygen atoms in total. The molecule has 3 rings (SSSR count). The second-order valence-corrected chi connectivity index (χ2v) is 4.29. The van der Waals surface area contributed by atoms with Gasteiger partial charge in [0.05, 0.1) is 0 Å². The molecule has 0 aliphatic carbocycles. The van der Waals surface area contributed by atoms with Gasteiger partial charge in [-0.25, -0.2) is 9.78 Å². The van der Waals surface area contributed by atoms with Gasteiger partial charge in [0.15, 0.2) is 5.82 Å². The Morgan fingerprint density at radius 3 is 2.76 bits per heavy atom. The second-order valence-electron chi connectivity index (χ2n) is 4.29. The second kappa shape index (κ2) is 5.08. The highest BCUT2D eigenvalue weighted by atomic mass is 16.4. The van der Waals surface area contributed by atoms with E-state index in [9.17, 15) is 4.79 Å². The van der Waals surface area contributed by atoms with E-state index in [1.165, 1.54) is 4.40 Å². The van der Waals surface area contributed by atoms with E-state index in [1.807, 2.05) is 42.3 Å². The molecule has 2 N–H and O–H groups in total. The number of benzene rings is 1. The molecule has 106 valence electrons. The van der Waals surface area contributed by atoms with Crippen LogP contribution in [-0.2, 0) is 0 Å². The molecule has 0 unspecified atom stereocenters. The summed E-state index contributed by atoms with van der Waals surface area (Å²) >= 11 is 0. The molecule has 0 spiro atoms. The van der Waals surface area contributed by atoms with Crippen LogP contribution in [-0.4, -0.2) is 37.8 Å². The van der Waals surface area contributed by atoms with E-state index in [-0.39, 0.29) is 5.95 Å². The van der Waals surface area contributed by atoms with Crippen LogP contribution in [0.5, 0.6) is 0 Å². The number of carbonyl (C=O) groups is 1. The topological polar surface area (TPSA) is 95.7 Å². The van der Waals surface area contributed by atoms with Crippen molar-refractivity contribution in [2.45, 2.75) is 0 Å². The third-order valence-corrected chi connectivity index (χ3v) is 2.99. The number of aromatic nitrogens is 4. The lowest BCUT2D eigenvalue weighted by Gasteiger charge is -2.18. The van der Waals surface area contributed by atoms with Crippen molar-refractivity contribution in [2.24, 2.45) is 0 Å². The van der Waals surface area contributed by atoms with Crippen molar-refractivity contribution < 1.29 is 9.90 Å². The van der Waals surface area contributed by atoms with Gasteiger partial charge in [-0.15, -0.1) is 10.2 Å². The number of rotatable bonds is 3. The number of anilines is 3. The Morgan fingerprint density at radius 1 is 1.29 bits per heavy atom. The van der Waals surface area contributed by atoms with Gasteiger partial charge in [-0.2, -0.15) is 0 Å². The average molecular weight is 284 g/mol. The van der Waals surface area contributed by atoms with E-state index in [0.29, 0.717) is 11.5 Å². The molecular formula is C13H12N6O2. The van der Waals surface area contributed by atoms with Crippen molar-refractivity contribution in [3.63, 3.8) is 0 Å². The molecule has 1 amide bonds. The quantitative estimate of drug-likeness (QED) is 0.763. The Labute approximate surface area is 119 Å². The normalized spacial score (nSPS) is 10.5. The van der Waals surface area contributed by atoms with Crippen molar-refractivity contribution in [1.29, 1.82) is 0 Å². The van der Waals surface area contributed by atoms with E-state index >= 15 is 0 Å². The third-order valence-electron chi connectivity index (χ3n) is 2.99. The van der Waals surface area contributed by atoms with E-state index < -0.39 is 6.09 Å². The SMILES string of the molecule is CN(c1ccccc1)c1nccn2c(NC(=O)O)nnc12. The Morgan fingerprint density at radius 2 is 2.05 bits per heavy atom. The summed E-state index contributed by atoms with van der Waals surface area (Å²) in [7, 11) is 1.86. The van der Waals surface area contributed by atoms with Crippen molar-refractivity contribution >= 4 is 29.2 Å². The van der Waals surface area contributed by atoms with Crippen molar-refractivity contribution in [3.05, 3.63) is 42.7 Å². The Kier molecular flexibility index (Phi) is 3.11. The fraction of sp³-hybridized carbons (Fsp3) is 0.0769. The van der Waals surface area contributed by atoms with Gasteiger partial charge in [-0.3, -0.25) is 9.72 Å². The number of amides is 1. The van der Waals surface area contributed by atoms with Crippen LogP contribution in [0.15, 0.2) is 42.7 Å². The minimum atomic E-state index is -1.20. The maximum absolute atomic E-state index is 10.7. The molecule has 0 bridgehead atoms. The van der Waals surface area contributed by atoms with Crippen LogP contribution >= 0.6 is 0 Å². The zero-order chi connectivity index (χ0) is 14.8. The summed E-state index contributed by atoms with van der Waals surface area (Å²) in [5.74, 6) is 0.706. The molecular weight excluding hydrogens is 272 g/mol. The van der Waals surface area contributed by atoms with Crippen molar-refractivity contribution in [2.75, 3.05) is 17.3 Å². The summed E-state index contributed by atoms with van der Waals surface area (Å²) in [5.41, 5.74) is 1.40. The van der Waals surface area contributed by atoms with Crippen LogP contribution in [0.2, 0.25) is 0 Å². The van der Waals surface area contributed by atoms with Crippen LogP contribution in [0.3, 0.4) is 0 Å². The van der Waals surface area contributed by atoms with Gasteiger partial charge in [0.2, 0.25) is 11.6 Å². The standard InChI is InChI=1S/C13H12N6O2/c1-18(9-5-3-2-4-6-9)10-11-16-17-12(15-13(20)21)19(11)8-7-14-10/h2-8H,1H3,(H,15,17)(H,20,21). The number of hydrogen-bond donors (Lipinski definition) is 2. The Hall–Kier alpha value is -3.16. The van der Waals surface area contributed by atoms with Crippen LogP contribution in [0.25, 0.3) is 5.65 Å². The first kappa shape index (κ1) is 12.9. The van der Waals surface area contributed by atoms with Crippen LogP contribution in [0, 0.1) is 0 Å². The van der Waals surface area contributed by atoms with Gasteiger partial charge < -0.3 is 10.0 Å². The van der Waals surface area contributed by atoms with Crippen molar-refractivity contribution in [3.8, 4) is 0 Å². The third kappa shape index (κ3) is 2.34. The van der Waals surface area contributed by atoms with Crippen LogP contribution in [0.1, 0.15) is 0 Å². The van der Waals surface area contributed by atoms with Gasteiger partial charge in [-0.1, -0.05) is 18.2 Å². The Balaban J connectivity index is 2.07. The van der Waals surface area contributed by atoms with Crippen molar-refractivity contribution in [1.82, 2.24) is 19.6 Å². The molecule has 2 heterocycles. The molecule has 0 saturated heterocycles. The molecule has 0 fully saturated rings. The lowest BCUT2D eigenvalue weighted by molar-refractivity contribution is 0.209. The molecule has 3 aromatic rings. The molecule has 0 radical (unpaired) electrons. The predicted octanol–water partition coefficient (Wildman–Crippen LogP) is 1.98. The largest absolute Gasteiger partial charge is 0.465 e. The zero-order valence-electron chi connectivity index (χ0n) is 11.1. The van der Waals surface area contributed by atoms with Gasteiger partial charge in [0, 0.05) is 25.1 Å². The smallest absolute Gasteiger partial charge is 0.411 e. The van der Waals surface area contributed by atoms with E-state index in [1.54, 1.807) is 12.4 Å². The minimum absolute atomic E-state index is 0.127. The fourth-order valence-electron chi connectivity index (χ4n) is 2.00. The molecule has 0 saturated carbocycles. The number of nitrogens with one attached hydrogen (secondary N) is 1. The summed E-state index contributed by atoms with van der Waals surface area (Å²) in [6, 6.07) is 9.66. The first-order valence-corrected chi connectivity index (χ1v) is 6.15. The molecule has 0 aliphatic rings. The highest BCUT2D eigenvalue weighted by Gasteiger charge is 2.15. The predicted molar refractivity (Wildman–Crippen MR) is 76.9 cm³/mol. The molecule has 21 heavy (non-hydrogen) atoms. The average Bonchev–Trinajstić information content (AvgIpc) is 2.90. The molecule has 0 aliphatic heterocycles. The number of para-hydroxylation sites is 1. The summed E-state index contributed by atoms with van der Waals surface area (Å²) < 4.78 is 1.54. The first-order valence-electron chi connectivity index (χ1n) is 6.15. The molecule has 2 aromatic heterocycles. The maximum Gasteiger partial charge on any atom is 0.411 e.